The second kappa shape index (κ2) is 9.73. The maximum absolute atomic E-state index is 12.3. The maximum Gasteiger partial charge on any atom is 0.407 e. The Morgan fingerprint density at radius 2 is 1.96 bits per heavy atom. The van der Waals surface area contributed by atoms with Crippen molar-refractivity contribution in [1.29, 1.82) is 0 Å². The number of alkyl carbamates (subject to hydrolysis) is 1. The monoisotopic (exact) mass is 395 g/mol. The lowest BCUT2D eigenvalue weighted by molar-refractivity contribution is -0.131. The van der Waals surface area contributed by atoms with Crippen molar-refractivity contribution in [3.8, 4) is 0 Å². The SMILES string of the molecule is CC(C)(C)OC(=O)NCCC(=O)NC1CCN(C(=O)Cc2cccs2)CC1. The van der Waals surface area contributed by atoms with Gasteiger partial charge in [-0.1, -0.05) is 6.07 Å². The van der Waals surface area contributed by atoms with Crippen molar-refractivity contribution < 1.29 is 19.1 Å². The van der Waals surface area contributed by atoms with Crippen molar-refractivity contribution in [2.75, 3.05) is 19.6 Å². The van der Waals surface area contributed by atoms with Crippen LogP contribution in [0, 0.1) is 0 Å². The summed E-state index contributed by atoms with van der Waals surface area (Å²) >= 11 is 1.59. The van der Waals surface area contributed by atoms with E-state index >= 15 is 0 Å². The molecule has 0 spiro atoms. The number of carbonyl (C=O) groups is 3. The van der Waals surface area contributed by atoms with Crippen molar-refractivity contribution in [2.45, 2.75) is 58.1 Å². The number of amides is 3. The van der Waals surface area contributed by atoms with Crippen LogP contribution >= 0.6 is 11.3 Å². The van der Waals surface area contributed by atoms with Crippen molar-refractivity contribution in [3.63, 3.8) is 0 Å². The molecule has 0 atom stereocenters. The Labute approximate surface area is 164 Å². The minimum atomic E-state index is -0.554. The maximum atomic E-state index is 12.3. The van der Waals surface area contributed by atoms with Crippen LogP contribution in [-0.4, -0.2) is 54.1 Å². The minimum absolute atomic E-state index is 0.0739. The van der Waals surface area contributed by atoms with Crippen LogP contribution in [-0.2, 0) is 20.7 Å². The van der Waals surface area contributed by atoms with Crippen molar-refractivity contribution in [3.05, 3.63) is 22.4 Å². The van der Waals surface area contributed by atoms with Gasteiger partial charge in [-0.15, -0.1) is 11.3 Å². The molecule has 150 valence electrons. The number of nitrogens with one attached hydrogen (secondary N) is 2. The van der Waals surface area contributed by atoms with E-state index in [0.29, 0.717) is 19.5 Å². The fourth-order valence-corrected chi connectivity index (χ4v) is 3.54. The van der Waals surface area contributed by atoms with Gasteiger partial charge in [0.1, 0.15) is 5.60 Å². The van der Waals surface area contributed by atoms with Crippen LogP contribution in [0.1, 0.15) is 44.9 Å². The fourth-order valence-electron chi connectivity index (χ4n) is 2.84. The highest BCUT2D eigenvalue weighted by molar-refractivity contribution is 7.10. The number of likely N-dealkylation sites (tertiary alicyclic amines) is 1. The fraction of sp³-hybridized carbons (Fsp3) is 0.632. The van der Waals surface area contributed by atoms with Crippen LogP contribution in [0.25, 0.3) is 0 Å². The second-order valence-corrected chi connectivity index (χ2v) is 8.69. The van der Waals surface area contributed by atoms with E-state index in [2.05, 4.69) is 10.6 Å². The summed E-state index contributed by atoms with van der Waals surface area (Å²) in [6.07, 6.45) is 1.64. The molecule has 1 fully saturated rings. The molecule has 7 nitrogen and oxygen atoms in total. The molecule has 2 N–H and O–H groups in total. The number of hydrogen-bond acceptors (Lipinski definition) is 5. The molecule has 0 aromatic carbocycles. The first kappa shape index (κ1) is 21.2. The van der Waals surface area contributed by atoms with Crippen molar-refractivity contribution in [1.82, 2.24) is 15.5 Å². The van der Waals surface area contributed by atoms with E-state index in [4.69, 9.17) is 4.74 Å². The minimum Gasteiger partial charge on any atom is -0.444 e. The van der Waals surface area contributed by atoms with Gasteiger partial charge in [0.2, 0.25) is 11.8 Å². The van der Waals surface area contributed by atoms with E-state index in [0.717, 1.165) is 17.7 Å². The van der Waals surface area contributed by atoms with Crippen molar-refractivity contribution >= 4 is 29.2 Å². The summed E-state index contributed by atoms with van der Waals surface area (Å²) in [6, 6.07) is 4.00. The Morgan fingerprint density at radius 3 is 2.56 bits per heavy atom. The van der Waals surface area contributed by atoms with E-state index in [1.807, 2.05) is 22.4 Å². The topological polar surface area (TPSA) is 87.7 Å². The third-order valence-electron chi connectivity index (χ3n) is 4.14. The Bertz CT molecular complexity index is 632. The average molecular weight is 396 g/mol. The van der Waals surface area contributed by atoms with Gasteiger partial charge in [-0.3, -0.25) is 9.59 Å². The van der Waals surface area contributed by atoms with Gasteiger partial charge >= 0.3 is 6.09 Å². The quantitative estimate of drug-likeness (QED) is 0.774. The predicted octanol–water partition coefficient (Wildman–Crippen LogP) is 2.31. The first-order valence-electron chi connectivity index (χ1n) is 9.29. The number of carbonyl (C=O) groups excluding carboxylic acids is 3. The van der Waals surface area contributed by atoms with E-state index in [1.54, 1.807) is 32.1 Å². The molecule has 0 aliphatic carbocycles. The summed E-state index contributed by atoms with van der Waals surface area (Å²) in [5, 5.41) is 7.53. The Balaban J connectivity index is 1.61. The van der Waals surface area contributed by atoms with Crippen LogP contribution < -0.4 is 10.6 Å². The molecular formula is C19H29N3O4S. The van der Waals surface area contributed by atoms with E-state index in [-0.39, 0.29) is 30.8 Å². The molecule has 0 radical (unpaired) electrons. The highest BCUT2D eigenvalue weighted by Crippen LogP contribution is 2.15. The first-order valence-corrected chi connectivity index (χ1v) is 10.2. The second-order valence-electron chi connectivity index (χ2n) is 7.66. The summed E-state index contributed by atoms with van der Waals surface area (Å²) in [4.78, 5) is 38.8. The zero-order valence-electron chi connectivity index (χ0n) is 16.2. The molecule has 1 aromatic heterocycles. The van der Waals surface area contributed by atoms with E-state index in [9.17, 15) is 14.4 Å². The smallest absolute Gasteiger partial charge is 0.407 e. The van der Waals surface area contributed by atoms with Crippen LogP contribution in [0.3, 0.4) is 0 Å². The zero-order valence-corrected chi connectivity index (χ0v) is 17.1. The van der Waals surface area contributed by atoms with Crippen molar-refractivity contribution in [2.24, 2.45) is 0 Å². The lowest BCUT2D eigenvalue weighted by Crippen LogP contribution is -2.47. The number of rotatable bonds is 6. The molecule has 8 heteroatoms. The first-order chi connectivity index (χ1) is 12.7. The normalized spacial score (nSPS) is 15.3. The highest BCUT2D eigenvalue weighted by Gasteiger charge is 2.24. The van der Waals surface area contributed by atoms with Gasteiger partial charge in [-0.2, -0.15) is 0 Å². The van der Waals surface area contributed by atoms with Gasteiger partial charge < -0.3 is 20.3 Å². The van der Waals surface area contributed by atoms with Gasteiger partial charge in [-0.25, -0.2) is 4.79 Å². The number of piperidine rings is 1. The summed E-state index contributed by atoms with van der Waals surface area (Å²) in [5.41, 5.74) is -0.554. The molecule has 0 saturated carbocycles. The molecular weight excluding hydrogens is 366 g/mol. The summed E-state index contributed by atoms with van der Waals surface area (Å²) < 4.78 is 5.12. The standard InChI is InChI=1S/C19H29N3O4S/c1-19(2,3)26-18(25)20-9-6-16(23)21-14-7-10-22(11-8-14)17(24)13-15-5-4-12-27-15/h4-5,12,14H,6-11,13H2,1-3H3,(H,20,25)(H,21,23). The van der Waals surface area contributed by atoms with Gasteiger partial charge in [-0.05, 0) is 45.1 Å². The van der Waals surface area contributed by atoms with Crippen LogP contribution in [0.2, 0.25) is 0 Å². The largest absolute Gasteiger partial charge is 0.444 e. The van der Waals surface area contributed by atoms with E-state index in [1.165, 1.54) is 0 Å². The van der Waals surface area contributed by atoms with Crippen LogP contribution in [0.5, 0.6) is 0 Å². The molecule has 1 aromatic rings. The molecule has 3 amide bonds. The third-order valence-corrected chi connectivity index (χ3v) is 5.02. The molecule has 1 aliphatic rings. The molecule has 0 unspecified atom stereocenters. The number of thiophene rings is 1. The average Bonchev–Trinajstić information content (AvgIpc) is 3.06. The van der Waals surface area contributed by atoms with Gasteiger partial charge in [0.15, 0.2) is 0 Å². The molecule has 1 saturated heterocycles. The highest BCUT2D eigenvalue weighted by atomic mass is 32.1. The summed E-state index contributed by atoms with van der Waals surface area (Å²) in [7, 11) is 0. The summed E-state index contributed by atoms with van der Waals surface area (Å²) in [6.45, 7) is 6.92. The molecule has 1 aliphatic heterocycles. The number of nitrogens with zero attached hydrogens (tertiary/aromatic N) is 1. The Morgan fingerprint density at radius 1 is 1.26 bits per heavy atom. The predicted molar refractivity (Wildman–Crippen MR) is 105 cm³/mol. The zero-order chi connectivity index (χ0) is 19.9. The third kappa shape index (κ3) is 7.99. The van der Waals surface area contributed by atoms with Gasteiger partial charge in [0, 0.05) is 37.0 Å². The van der Waals surface area contributed by atoms with Gasteiger partial charge in [0.25, 0.3) is 0 Å². The van der Waals surface area contributed by atoms with E-state index < -0.39 is 11.7 Å². The van der Waals surface area contributed by atoms with Crippen LogP contribution in [0.15, 0.2) is 17.5 Å². The number of hydrogen-bond donors (Lipinski definition) is 2. The Hall–Kier alpha value is -2.09. The number of ether oxygens (including phenoxy) is 1. The van der Waals surface area contributed by atoms with Crippen LogP contribution in [0.4, 0.5) is 4.79 Å². The lowest BCUT2D eigenvalue weighted by atomic mass is 10.0. The lowest BCUT2D eigenvalue weighted by Gasteiger charge is -2.32. The molecule has 2 rings (SSSR count). The molecule has 0 bridgehead atoms. The van der Waals surface area contributed by atoms with Gasteiger partial charge in [0.05, 0.1) is 6.42 Å². The molecule has 2 heterocycles. The Kier molecular flexibility index (Phi) is 7.65. The summed E-state index contributed by atoms with van der Waals surface area (Å²) in [5.74, 6) is 0.0400. The molecule has 27 heavy (non-hydrogen) atoms.